The Bertz CT molecular complexity index is 676. The van der Waals surface area contributed by atoms with Crippen LogP contribution in [-0.4, -0.2) is 5.91 Å². The number of carbonyl (C=O) groups excluding carboxylic acids is 1. The van der Waals surface area contributed by atoms with Crippen molar-refractivity contribution in [3.8, 4) is 11.1 Å². The highest BCUT2D eigenvalue weighted by molar-refractivity contribution is 6.09. The van der Waals surface area contributed by atoms with Gasteiger partial charge in [0, 0.05) is 11.3 Å². The molecule has 0 fully saturated rings. The number of amides is 1. The number of hydrogen-bond acceptors (Lipinski definition) is 1. The maximum absolute atomic E-state index is 12.3. The van der Waals surface area contributed by atoms with Gasteiger partial charge in [-0.05, 0) is 29.3 Å². The zero-order chi connectivity index (χ0) is 13.1. The molecule has 0 aliphatic heterocycles. The molecule has 0 saturated carbocycles. The van der Waals surface area contributed by atoms with Gasteiger partial charge in [0.15, 0.2) is 0 Å². The van der Waals surface area contributed by atoms with Crippen molar-refractivity contribution >= 4 is 11.6 Å². The summed E-state index contributed by atoms with van der Waals surface area (Å²) >= 11 is 0. The fraction of sp³-hybridized carbons (Fsp3) is 0. The Morgan fingerprint density at radius 3 is 2.21 bits per heavy atom. The summed E-state index contributed by atoms with van der Waals surface area (Å²) in [7, 11) is 0. The SMILES string of the molecule is O=C(Nc1ccccc1)c1ccc2cccccc1-2. The zero-order valence-electron chi connectivity index (χ0n) is 10.3. The maximum atomic E-state index is 12.3. The Morgan fingerprint density at radius 2 is 1.42 bits per heavy atom. The molecule has 19 heavy (non-hydrogen) atoms. The van der Waals surface area contributed by atoms with Crippen LogP contribution in [0, 0.1) is 0 Å². The van der Waals surface area contributed by atoms with Crippen LogP contribution in [0.25, 0.3) is 11.1 Å². The summed E-state index contributed by atoms with van der Waals surface area (Å²) in [6.45, 7) is 0. The van der Waals surface area contributed by atoms with Gasteiger partial charge in [-0.2, -0.15) is 0 Å². The average Bonchev–Trinajstić information content (AvgIpc) is 2.69. The molecule has 1 N–H and O–H groups in total. The van der Waals surface area contributed by atoms with E-state index in [1.807, 2.05) is 72.8 Å². The lowest BCUT2D eigenvalue weighted by atomic mass is 10.1. The monoisotopic (exact) mass is 247 g/mol. The molecule has 2 aliphatic carbocycles. The van der Waals surface area contributed by atoms with Crippen molar-refractivity contribution < 1.29 is 4.79 Å². The van der Waals surface area contributed by atoms with Crippen LogP contribution in [0.1, 0.15) is 10.4 Å². The number of hydrogen-bond donors (Lipinski definition) is 1. The Balaban J connectivity index is 1.92. The molecule has 0 atom stereocenters. The zero-order valence-corrected chi connectivity index (χ0v) is 10.3. The highest BCUT2D eigenvalue weighted by Crippen LogP contribution is 2.27. The molecule has 0 bridgehead atoms. The van der Waals surface area contributed by atoms with E-state index in [0.717, 1.165) is 16.8 Å². The van der Waals surface area contributed by atoms with Crippen LogP contribution in [0.4, 0.5) is 5.69 Å². The summed E-state index contributed by atoms with van der Waals surface area (Å²) in [4.78, 5) is 12.3. The molecule has 0 aromatic heterocycles. The van der Waals surface area contributed by atoms with Crippen LogP contribution in [0.3, 0.4) is 0 Å². The topological polar surface area (TPSA) is 29.1 Å². The molecule has 0 radical (unpaired) electrons. The molecular weight excluding hydrogens is 234 g/mol. The second-order valence-electron chi connectivity index (χ2n) is 4.35. The minimum absolute atomic E-state index is 0.0765. The van der Waals surface area contributed by atoms with Gasteiger partial charge in [0.25, 0.3) is 5.91 Å². The van der Waals surface area contributed by atoms with Crippen LogP contribution in [0.15, 0.2) is 72.8 Å². The van der Waals surface area contributed by atoms with Gasteiger partial charge in [0.05, 0.1) is 0 Å². The predicted octanol–water partition coefficient (Wildman–Crippen LogP) is 4.04. The van der Waals surface area contributed by atoms with Crippen molar-refractivity contribution in [3.63, 3.8) is 0 Å². The fourth-order valence-electron chi connectivity index (χ4n) is 2.13. The Hall–Kier alpha value is -2.61. The first-order chi connectivity index (χ1) is 9.34. The van der Waals surface area contributed by atoms with Gasteiger partial charge in [0.1, 0.15) is 0 Å². The predicted molar refractivity (Wildman–Crippen MR) is 77.5 cm³/mol. The van der Waals surface area contributed by atoms with E-state index in [1.54, 1.807) is 0 Å². The number of para-hydroxylation sites is 1. The summed E-state index contributed by atoms with van der Waals surface area (Å²) < 4.78 is 0. The normalized spacial score (nSPS) is 10.3. The average molecular weight is 247 g/mol. The first kappa shape index (κ1) is 11.5. The third kappa shape index (κ3) is 2.33. The van der Waals surface area contributed by atoms with Crippen molar-refractivity contribution in [2.45, 2.75) is 0 Å². The van der Waals surface area contributed by atoms with Gasteiger partial charge in [-0.1, -0.05) is 54.6 Å². The largest absolute Gasteiger partial charge is 0.322 e. The lowest BCUT2D eigenvalue weighted by Gasteiger charge is -2.05. The summed E-state index contributed by atoms with van der Waals surface area (Å²) in [6.07, 6.45) is 0. The number of carbonyl (C=O) groups is 1. The molecule has 2 aliphatic rings. The fourth-order valence-corrected chi connectivity index (χ4v) is 2.13. The maximum Gasteiger partial charge on any atom is 0.256 e. The molecule has 0 saturated heterocycles. The standard InChI is InChI=1S/C17H13NO/c19-17(18-14-8-4-2-5-9-14)16-12-11-13-7-3-1-6-10-15(13)16/h1-12H,(H,18,19). The van der Waals surface area contributed by atoms with Crippen molar-refractivity contribution in [1.82, 2.24) is 0 Å². The first-order valence-corrected chi connectivity index (χ1v) is 6.19. The first-order valence-electron chi connectivity index (χ1n) is 6.19. The molecule has 1 aromatic rings. The quantitative estimate of drug-likeness (QED) is 0.727. The van der Waals surface area contributed by atoms with Gasteiger partial charge in [0.2, 0.25) is 0 Å². The smallest absolute Gasteiger partial charge is 0.256 e. The molecule has 1 amide bonds. The van der Waals surface area contributed by atoms with Crippen LogP contribution < -0.4 is 5.32 Å². The highest BCUT2D eigenvalue weighted by Gasteiger charge is 2.14. The summed E-state index contributed by atoms with van der Waals surface area (Å²) in [6, 6.07) is 23.2. The van der Waals surface area contributed by atoms with Crippen molar-refractivity contribution in [3.05, 3.63) is 78.4 Å². The van der Waals surface area contributed by atoms with Crippen molar-refractivity contribution in [2.75, 3.05) is 5.32 Å². The molecule has 92 valence electrons. The van der Waals surface area contributed by atoms with E-state index in [1.165, 1.54) is 0 Å². The van der Waals surface area contributed by atoms with Crippen molar-refractivity contribution in [2.24, 2.45) is 0 Å². The molecule has 0 unspecified atom stereocenters. The lowest BCUT2D eigenvalue weighted by Crippen LogP contribution is -2.11. The minimum Gasteiger partial charge on any atom is -0.322 e. The summed E-state index contributed by atoms with van der Waals surface area (Å²) in [5.41, 5.74) is 3.55. The van der Waals surface area contributed by atoms with Gasteiger partial charge < -0.3 is 5.32 Å². The van der Waals surface area contributed by atoms with Crippen LogP contribution >= 0.6 is 0 Å². The Labute approximate surface area is 112 Å². The number of benzene rings is 1. The third-order valence-corrected chi connectivity index (χ3v) is 3.07. The molecular formula is C17H13NO. The molecule has 1 aromatic carbocycles. The van der Waals surface area contributed by atoms with Gasteiger partial charge in [-0.25, -0.2) is 0 Å². The number of nitrogens with one attached hydrogen (secondary N) is 1. The molecule has 0 heterocycles. The number of fused-ring (bicyclic) bond motifs is 1. The molecule has 0 spiro atoms. The highest BCUT2D eigenvalue weighted by atomic mass is 16.1. The summed E-state index contributed by atoms with van der Waals surface area (Å²) in [5, 5.41) is 2.91. The van der Waals surface area contributed by atoms with E-state index in [0.29, 0.717) is 5.56 Å². The van der Waals surface area contributed by atoms with E-state index in [4.69, 9.17) is 0 Å². The second-order valence-corrected chi connectivity index (χ2v) is 4.35. The van der Waals surface area contributed by atoms with Crippen LogP contribution in [-0.2, 0) is 0 Å². The number of anilines is 1. The third-order valence-electron chi connectivity index (χ3n) is 3.07. The molecule has 3 rings (SSSR count). The minimum atomic E-state index is -0.0765. The van der Waals surface area contributed by atoms with E-state index >= 15 is 0 Å². The Morgan fingerprint density at radius 1 is 0.737 bits per heavy atom. The number of rotatable bonds is 2. The second kappa shape index (κ2) is 4.94. The van der Waals surface area contributed by atoms with Gasteiger partial charge >= 0.3 is 0 Å². The van der Waals surface area contributed by atoms with E-state index in [-0.39, 0.29) is 5.91 Å². The Kier molecular flexibility index (Phi) is 2.99. The van der Waals surface area contributed by atoms with E-state index < -0.39 is 0 Å². The van der Waals surface area contributed by atoms with Gasteiger partial charge in [-0.15, -0.1) is 0 Å². The molecule has 2 heteroatoms. The van der Waals surface area contributed by atoms with Crippen molar-refractivity contribution in [1.29, 1.82) is 0 Å². The lowest BCUT2D eigenvalue weighted by molar-refractivity contribution is 0.102. The molecule has 2 nitrogen and oxygen atoms in total. The van der Waals surface area contributed by atoms with E-state index in [2.05, 4.69) is 5.32 Å². The van der Waals surface area contributed by atoms with Crippen LogP contribution in [0.5, 0.6) is 0 Å². The van der Waals surface area contributed by atoms with Crippen LogP contribution in [0.2, 0.25) is 0 Å². The summed E-state index contributed by atoms with van der Waals surface area (Å²) in [5.74, 6) is -0.0765. The van der Waals surface area contributed by atoms with E-state index in [9.17, 15) is 4.79 Å². The van der Waals surface area contributed by atoms with Gasteiger partial charge in [-0.3, -0.25) is 4.79 Å².